The molecular weight excluding hydrogens is 244 g/mol. The van der Waals surface area contributed by atoms with Crippen LogP contribution in [0, 0.1) is 5.41 Å². The summed E-state index contributed by atoms with van der Waals surface area (Å²) in [6.45, 7) is 1.44. The molecule has 3 N–H and O–H groups in total. The van der Waals surface area contributed by atoms with Crippen LogP contribution in [0.5, 0.6) is 0 Å². The van der Waals surface area contributed by atoms with Crippen molar-refractivity contribution in [3.63, 3.8) is 0 Å². The van der Waals surface area contributed by atoms with E-state index in [1.165, 1.54) is 11.8 Å². The molecule has 6 heteroatoms. The van der Waals surface area contributed by atoms with Crippen molar-refractivity contribution in [1.82, 2.24) is 10.2 Å². The molecular formula is C13H14N4O2. The fraction of sp³-hybridized carbons (Fsp3) is 0.154. The Morgan fingerprint density at radius 1 is 1.37 bits per heavy atom. The Hall–Kier alpha value is -2.63. The van der Waals surface area contributed by atoms with Crippen molar-refractivity contribution < 1.29 is 9.59 Å². The van der Waals surface area contributed by atoms with Crippen LogP contribution in [0.3, 0.4) is 0 Å². The van der Waals surface area contributed by atoms with Crippen molar-refractivity contribution >= 4 is 29.5 Å². The lowest BCUT2D eigenvalue weighted by Crippen LogP contribution is -2.25. The van der Waals surface area contributed by atoms with E-state index >= 15 is 0 Å². The summed E-state index contributed by atoms with van der Waals surface area (Å²) in [6, 6.07) is 7.10. The number of likely N-dealkylation sites (N-methyl/N-ethyl adjacent to an activating group) is 1. The van der Waals surface area contributed by atoms with Gasteiger partial charge < -0.3 is 10.2 Å². The molecule has 1 saturated heterocycles. The van der Waals surface area contributed by atoms with Crippen LogP contribution in [0.4, 0.5) is 5.69 Å². The van der Waals surface area contributed by atoms with Crippen LogP contribution >= 0.6 is 0 Å². The number of nitrogens with one attached hydrogen (secondary N) is 3. The number of carbonyl (C=O) groups is 2. The van der Waals surface area contributed by atoms with Gasteiger partial charge in [-0.05, 0) is 23.8 Å². The van der Waals surface area contributed by atoms with Gasteiger partial charge in [0.15, 0.2) is 0 Å². The molecule has 0 saturated carbocycles. The normalized spacial score (nSPS) is 16.7. The van der Waals surface area contributed by atoms with Crippen LogP contribution < -0.4 is 10.6 Å². The summed E-state index contributed by atoms with van der Waals surface area (Å²) < 4.78 is 0. The Morgan fingerprint density at radius 2 is 2.00 bits per heavy atom. The van der Waals surface area contributed by atoms with E-state index in [4.69, 9.17) is 5.41 Å². The number of nitrogens with zero attached hydrogens (tertiary/aromatic N) is 1. The second-order valence-corrected chi connectivity index (χ2v) is 4.19. The monoisotopic (exact) mass is 258 g/mol. The van der Waals surface area contributed by atoms with Crippen LogP contribution in [0.15, 0.2) is 30.0 Å². The lowest BCUT2D eigenvalue weighted by atomic mass is 10.1. The zero-order chi connectivity index (χ0) is 14.0. The molecule has 0 bridgehead atoms. The van der Waals surface area contributed by atoms with Gasteiger partial charge in [-0.15, -0.1) is 0 Å². The zero-order valence-electron chi connectivity index (χ0n) is 10.7. The second-order valence-electron chi connectivity index (χ2n) is 4.19. The molecule has 19 heavy (non-hydrogen) atoms. The molecule has 1 aliphatic rings. The molecule has 0 spiro atoms. The lowest BCUT2D eigenvalue weighted by Gasteiger charge is -2.09. The van der Waals surface area contributed by atoms with Gasteiger partial charge in [0, 0.05) is 19.7 Å². The van der Waals surface area contributed by atoms with Gasteiger partial charge in [0.25, 0.3) is 5.91 Å². The van der Waals surface area contributed by atoms with Crippen LogP contribution in [0.2, 0.25) is 0 Å². The molecule has 98 valence electrons. The largest absolute Gasteiger partial charge is 0.326 e. The number of rotatable bonds is 2. The van der Waals surface area contributed by atoms with Crippen molar-refractivity contribution in [3.8, 4) is 0 Å². The third-order valence-electron chi connectivity index (χ3n) is 2.70. The molecule has 0 aliphatic carbocycles. The highest BCUT2D eigenvalue weighted by molar-refractivity contribution is 6.14. The summed E-state index contributed by atoms with van der Waals surface area (Å²) in [5.74, 6) is -0.362. The van der Waals surface area contributed by atoms with Crippen LogP contribution in [-0.2, 0) is 9.59 Å². The van der Waals surface area contributed by atoms with Crippen molar-refractivity contribution in [2.45, 2.75) is 6.92 Å². The maximum absolute atomic E-state index is 11.6. The molecule has 2 amide bonds. The topological polar surface area (TPSA) is 85.3 Å². The Labute approximate surface area is 110 Å². The molecule has 1 aromatic carbocycles. The fourth-order valence-corrected chi connectivity index (χ4v) is 1.71. The smallest absolute Gasteiger partial charge is 0.274 e. The van der Waals surface area contributed by atoms with E-state index in [1.54, 1.807) is 37.4 Å². The van der Waals surface area contributed by atoms with E-state index in [2.05, 4.69) is 10.6 Å². The predicted octanol–water partition coefficient (Wildman–Crippen LogP) is 0.982. The first kappa shape index (κ1) is 12.8. The number of hydrogen-bond donors (Lipinski definition) is 3. The molecule has 2 rings (SSSR count). The first-order valence-electron chi connectivity index (χ1n) is 5.70. The van der Waals surface area contributed by atoms with Crippen LogP contribution in [-0.4, -0.2) is 29.7 Å². The Bertz CT molecular complexity index is 575. The predicted molar refractivity (Wildman–Crippen MR) is 72.4 cm³/mol. The third-order valence-corrected chi connectivity index (χ3v) is 2.70. The minimum Gasteiger partial charge on any atom is -0.326 e. The Balaban J connectivity index is 2.21. The third kappa shape index (κ3) is 2.79. The van der Waals surface area contributed by atoms with Crippen LogP contribution in [0.1, 0.15) is 12.5 Å². The standard InChI is InChI=1S/C13H14N4O2/c1-8(18)15-10-5-3-9(4-6-10)7-11-12(19)16-13(14)17(11)2/h3-7H,1-2H3,(H,15,18)(H2,14,16,19). The van der Waals surface area contributed by atoms with E-state index < -0.39 is 0 Å². The van der Waals surface area contributed by atoms with Crippen LogP contribution in [0.25, 0.3) is 6.08 Å². The number of benzene rings is 1. The quantitative estimate of drug-likeness (QED) is 0.691. The summed E-state index contributed by atoms with van der Waals surface area (Å²) in [5, 5.41) is 12.6. The highest BCUT2D eigenvalue weighted by atomic mass is 16.2. The van der Waals surface area contributed by atoms with Gasteiger partial charge in [-0.2, -0.15) is 0 Å². The lowest BCUT2D eigenvalue weighted by molar-refractivity contribution is -0.116. The summed E-state index contributed by atoms with van der Waals surface area (Å²) in [7, 11) is 1.65. The summed E-state index contributed by atoms with van der Waals surface area (Å²) in [5.41, 5.74) is 1.93. The van der Waals surface area contributed by atoms with Crippen molar-refractivity contribution in [1.29, 1.82) is 5.41 Å². The highest BCUT2D eigenvalue weighted by Gasteiger charge is 2.26. The summed E-state index contributed by atoms with van der Waals surface area (Å²) >= 11 is 0. The molecule has 1 fully saturated rings. The van der Waals surface area contributed by atoms with Gasteiger partial charge in [0.1, 0.15) is 5.70 Å². The minimum atomic E-state index is -0.293. The van der Waals surface area contributed by atoms with E-state index in [1.807, 2.05) is 0 Å². The second kappa shape index (κ2) is 4.93. The van der Waals surface area contributed by atoms with Gasteiger partial charge in [0.05, 0.1) is 0 Å². The van der Waals surface area contributed by atoms with E-state index in [0.717, 1.165) is 5.56 Å². The molecule has 1 heterocycles. The van der Waals surface area contributed by atoms with Gasteiger partial charge in [0.2, 0.25) is 11.9 Å². The SMILES string of the molecule is CC(=O)Nc1ccc(C=C2C(=O)NC(=N)N2C)cc1. The van der Waals surface area contributed by atoms with Crippen molar-refractivity contribution in [2.75, 3.05) is 12.4 Å². The van der Waals surface area contributed by atoms with E-state index in [-0.39, 0.29) is 17.8 Å². The first-order chi connectivity index (χ1) is 8.97. The fourth-order valence-electron chi connectivity index (χ4n) is 1.71. The number of carbonyl (C=O) groups excluding carboxylic acids is 2. The first-order valence-corrected chi connectivity index (χ1v) is 5.70. The molecule has 6 nitrogen and oxygen atoms in total. The zero-order valence-corrected chi connectivity index (χ0v) is 10.7. The average Bonchev–Trinajstić information content (AvgIpc) is 2.58. The highest BCUT2D eigenvalue weighted by Crippen LogP contribution is 2.16. The Morgan fingerprint density at radius 3 is 2.47 bits per heavy atom. The van der Waals surface area contributed by atoms with Gasteiger partial charge in [-0.1, -0.05) is 12.1 Å². The summed E-state index contributed by atoms with van der Waals surface area (Å²) in [6.07, 6.45) is 1.69. The average molecular weight is 258 g/mol. The molecule has 1 aliphatic heterocycles. The number of guanidine groups is 1. The minimum absolute atomic E-state index is 0.0612. The molecule has 0 unspecified atom stereocenters. The summed E-state index contributed by atoms with van der Waals surface area (Å²) in [4.78, 5) is 24.0. The Kier molecular flexibility index (Phi) is 3.33. The molecule has 0 radical (unpaired) electrons. The molecule has 0 atom stereocenters. The maximum Gasteiger partial charge on any atom is 0.274 e. The van der Waals surface area contributed by atoms with Crippen molar-refractivity contribution in [2.24, 2.45) is 0 Å². The number of anilines is 1. The number of hydrogen-bond acceptors (Lipinski definition) is 3. The van der Waals surface area contributed by atoms with Gasteiger partial charge >= 0.3 is 0 Å². The van der Waals surface area contributed by atoms with Gasteiger partial charge in [-0.3, -0.25) is 20.3 Å². The number of amides is 2. The molecule has 1 aromatic rings. The maximum atomic E-state index is 11.6. The van der Waals surface area contributed by atoms with E-state index in [0.29, 0.717) is 11.4 Å². The van der Waals surface area contributed by atoms with Gasteiger partial charge in [-0.25, -0.2) is 0 Å². The molecule has 0 aromatic heterocycles. The van der Waals surface area contributed by atoms with Crippen molar-refractivity contribution in [3.05, 3.63) is 35.5 Å². The van der Waals surface area contributed by atoms with E-state index in [9.17, 15) is 9.59 Å².